The van der Waals surface area contributed by atoms with E-state index in [2.05, 4.69) is 323 Å². The first-order valence-corrected chi connectivity index (χ1v) is 31.2. The second-order valence-electron chi connectivity index (χ2n) is 22.7. The van der Waals surface area contributed by atoms with Crippen LogP contribution in [0.15, 0.2) is 323 Å². The van der Waals surface area contributed by atoms with Crippen LogP contribution >= 0.6 is 23.5 Å². The highest BCUT2D eigenvalue weighted by molar-refractivity contribution is 8.00. The van der Waals surface area contributed by atoms with E-state index >= 15 is 0 Å². The zero-order chi connectivity index (χ0) is 56.4. The molecule has 0 aromatic heterocycles. The normalized spacial score (nSPS) is 13.2. The van der Waals surface area contributed by atoms with Crippen LogP contribution in [0.5, 0.6) is 0 Å². The van der Waals surface area contributed by atoms with E-state index in [1.54, 1.807) is 0 Å². The van der Waals surface area contributed by atoms with Crippen LogP contribution in [-0.4, -0.2) is 13.4 Å². The van der Waals surface area contributed by atoms with Crippen LogP contribution < -0.4 is 52.4 Å². The number of rotatable bonds is 8. The van der Waals surface area contributed by atoms with E-state index < -0.39 is 0 Å². The summed E-state index contributed by atoms with van der Waals surface area (Å²) in [6.45, 7) is -0.0104. The summed E-state index contributed by atoms with van der Waals surface area (Å²) in [6, 6.07) is 113. The van der Waals surface area contributed by atoms with Gasteiger partial charge in [0.05, 0.1) is 0 Å². The van der Waals surface area contributed by atoms with E-state index in [1.165, 1.54) is 107 Å². The fraction of sp³-hybridized carbons (Fsp3) is 0. The first-order valence-electron chi connectivity index (χ1n) is 29.5. The molecule has 0 amide bonds. The molecule has 18 rings (SSSR count). The summed E-state index contributed by atoms with van der Waals surface area (Å²) in [5.74, 6) is 0. The van der Waals surface area contributed by atoms with E-state index in [0.29, 0.717) is 0 Å². The third-order valence-electron chi connectivity index (χ3n) is 18.0. The molecule has 14 aromatic rings. The third-order valence-corrected chi connectivity index (χ3v) is 20.3. The van der Waals surface area contributed by atoms with Crippen LogP contribution in [0.25, 0.3) is 32.3 Å². The van der Waals surface area contributed by atoms with Gasteiger partial charge in [0.1, 0.15) is 0 Å². The molecule has 4 nitrogen and oxygen atoms in total. The fourth-order valence-electron chi connectivity index (χ4n) is 14.5. The Morgan fingerprint density at radius 2 is 0.547 bits per heavy atom. The zero-order valence-electron chi connectivity index (χ0n) is 46.6. The molecule has 4 aliphatic heterocycles. The standard InChI is InChI=1S/C78H50B2N4S2/c1-7-25-51(26-8-1)81(52-27-9-2-10-28-52)57-43-71-77-75(45-57)85-73-49-63-61(47-67(73)79(77)65-39-21-23-41-69(65)83(71)55-33-15-5-16-34-55)59-37-19-20-38-60(59)62-48-68-74(50-64(62)63)86-76-46-58(82(53-29-11-3-12-30-53)54-31-13-4-14-32-54)44-72-78(76)80(68)66-40-22-24-42-70(66)84(72)56-35-17-6-18-36-56/h1-50H. The highest BCUT2D eigenvalue weighted by Crippen LogP contribution is 2.50. The lowest BCUT2D eigenvalue weighted by molar-refractivity contribution is 1.23. The Morgan fingerprint density at radius 1 is 0.233 bits per heavy atom. The van der Waals surface area contributed by atoms with Crippen LogP contribution in [0, 0.1) is 0 Å². The van der Waals surface area contributed by atoms with Crippen molar-refractivity contribution in [1.29, 1.82) is 0 Å². The van der Waals surface area contributed by atoms with Crippen molar-refractivity contribution in [3.05, 3.63) is 303 Å². The summed E-state index contributed by atoms with van der Waals surface area (Å²) in [5, 5.41) is 7.66. The molecule has 0 unspecified atom stereocenters. The lowest BCUT2D eigenvalue weighted by Crippen LogP contribution is -2.60. The fourth-order valence-corrected chi connectivity index (χ4v) is 16.9. The van der Waals surface area contributed by atoms with Crippen LogP contribution in [-0.2, 0) is 0 Å². The van der Waals surface area contributed by atoms with E-state index in [-0.39, 0.29) is 13.4 Å². The molecule has 14 aromatic carbocycles. The first-order chi connectivity index (χ1) is 42.7. The first kappa shape index (κ1) is 49.3. The molecule has 8 heteroatoms. The maximum atomic E-state index is 2.58. The molecular weight excluding hydrogens is 1080 g/mol. The van der Waals surface area contributed by atoms with Gasteiger partial charge in [-0.3, -0.25) is 0 Å². The molecule has 0 fully saturated rings. The molecule has 0 radical (unpaired) electrons. The van der Waals surface area contributed by atoms with Crippen LogP contribution in [0.1, 0.15) is 0 Å². The van der Waals surface area contributed by atoms with Gasteiger partial charge in [0, 0.05) is 87.8 Å². The minimum atomic E-state index is -0.00522. The largest absolute Gasteiger partial charge is 0.311 e. The molecule has 0 N–H and O–H groups in total. The van der Waals surface area contributed by atoms with Crippen molar-refractivity contribution in [3.63, 3.8) is 0 Å². The molecule has 0 atom stereocenters. The molecule has 0 saturated carbocycles. The quantitative estimate of drug-likeness (QED) is 0.110. The van der Waals surface area contributed by atoms with Crippen molar-refractivity contribution in [2.45, 2.75) is 19.6 Å². The minimum absolute atomic E-state index is 0.00522. The summed E-state index contributed by atoms with van der Waals surface area (Å²) in [7, 11) is 0. The van der Waals surface area contributed by atoms with Gasteiger partial charge in [-0.2, -0.15) is 0 Å². The Kier molecular flexibility index (Phi) is 11.3. The van der Waals surface area contributed by atoms with Crippen LogP contribution in [0.2, 0.25) is 0 Å². The van der Waals surface area contributed by atoms with E-state index in [1.807, 2.05) is 23.5 Å². The van der Waals surface area contributed by atoms with Gasteiger partial charge in [0.25, 0.3) is 0 Å². The van der Waals surface area contributed by atoms with Gasteiger partial charge in [-0.1, -0.05) is 216 Å². The average molecular weight is 1130 g/mol. The second kappa shape index (κ2) is 19.7. The third kappa shape index (κ3) is 7.63. The van der Waals surface area contributed by atoms with Crippen molar-refractivity contribution in [2.75, 3.05) is 19.6 Å². The van der Waals surface area contributed by atoms with Gasteiger partial charge in [-0.05, 0) is 175 Å². The van der Waals surface area contributed by atoms with Gasteiger partial charge in [-0.15, -0.1) is 0 Å². The topological polar surface area (TPSA) is 13.0 Å². The van der Waals surface area contributed by atoms with Crippen molar-refractivity contribution in [1.82, 2.24) is 0 Å². The van der Waals surface area contributed by atoms with Crippen molar-refractivity contribution < 1.29 is 0 Å². The molecule has 86 heavy (non-hydrogen) atoms. The van der Waals surface area contributed by atoms with Crippen molar-refractivity contribution >= 4 is 170 Å². The smallest absolute Gasteiger partial charge is 0.249 e. The summed E-state index contributed by atoms with van der Waals surface area (Å²) in [4.78, 5) is 15.0. The van der Waals surface area contributed by atoms with Crippen molar-refractivity contribution in [3.8, 4) is 0 Å². The van der Waals surface area contributed by atoms with Crippen molar-refractivity contribution in [2.24, 2.45) is 0 Å². The number of fused-ring (bicyclic) bond motifs is 14. The van der Waals surface area contributed by atoms with Gasteiger partial charge in [-0.25, -0.2) is 0 Å². The number of anilines is 12. The average Bonchev–Trinajstić information content (AvgIpc) is 0.733. The second-order valence-corrected chi connectivity index (χ2v) is 24.9. The molecule has 0 saturated heterocycles. The summed E-state index contributed by atoms with van der Waals surface area (Å²) in [6.07, 6.45) is 0. The van der Waals surface area contributed by atoms with Gasteiger partial charge < -0.3 is 19.6 Å². The van der Waals surface area contributed by atoms with Crippen LogP contribution in [0.3, 0.4) is 0 Å². The number of hydrogen-bond donors (Lipinski definition) is 0. The molecule has 4 heterocycles. The highest BCUT2D eigenvalue weighted by atomic mass is 32.2. The Bertz CT molecular complexity index is 4640. The lowest BCUT2D eigenvalue weighted by atomic mass is 9.34. The summed E-state index contributed by atoms with van der Waals surface area (Å²) in [5.41, 5.74) is 21.8. The number of para-hydroxylation sites is 8. The van der Waals surface area contributed by atoms with Gasteiger partial charge in [0.15, 0.2) is 0 Å². The number of hydrogen-bond acceptors (Lipinski definition) is 6. The Balaban J connectivity index is 0.875. The predicted molar refractivity (Wildman–Crippen MR) is 368 cm³/mol. The Morgan fingerprint density at radius 3 is 0.919 bits per heavy atom. The SMILES string of the molecule is c1ccc(N(c2ccccc2)c2cc3c4c(c2)N(c2ccccc2)c2ccccc2B4c2cc4c5ccccc5c5cc6c(cc5c4cc2S3)Sc2cc(N(c3ccccc3)c3ccccc3)cc3c2B6c2ccccc2N3c2ccccc2)cc1. The van der Waals surface area contributed by atoms with Crippen LogP contribution in [0.4, 0.5) is 68.2 Å². The Labute approximate surface area is 509 Å². The summed E-state index contributed by atoms with van der Waals surface area (Å²) < 4.78 is 0. The monoisotopic (exact) mass is 1130 g/mol. The van der Waals surface area contributed by atoms with Gasteiger partial charge >= 0.3 is 0 Å². The summed E-state index contributed by atoms with van der Waals surface area (Å²) >= 11 is 3.86. The maximum Gasteiger partial charge on any atom is 0.249 e. The molecule has 0 bridgehead atoms. The van der Waals surface area contributed by atoms with E-state index in [0.717, 1.165) is 45.5 Å². The lowest BCUT2D eigenvalue weighted by Gasteiger charge is -2.41. The Hall–Kier alpha value is -10.1. The van der Waals surface area contributed by atoms with E-state index in [4.69, 9.17) is 0 Å². The highest BCUT2D eigenvalue weighted by Gasteiger charge is 2.44. The number of nitrogens with zero attached hydrogens (tertiary/aromatic N) is 4. The van der Waals surface area contributed by atoms with E-state index in [9.17, 15) is 0 Å². The molecular formula is C78H50B2N4S2. The predicted octanol–water partition coefficient (Wildman–Crippen LogP) is 17.6. The zero-order valence-corrected chi connectivity index (χ0v) is 48.3. The molecule has 4 aliphatic rings. The molecule has 400 valence electrons. The maximum absolute atomic E-state index is 2.58. The van der Waals surface area contributed by atoms with Gasteiger partial charge in [0.2, 0.25) is 13.4 Å². The molecule has 0 aliphatic carbocycles. The number of benzene rings is 14. The molecule has 0 spiro atoms. The minimum Gasteiger partial charge on any atom is -0.311 e.